The van der Waals surface area contributed by atoms with Crippen LogP contribution in [-0.4, -0.2) is 42.7 Å². The van der Waals surface area contributed by atoms with Gasteiger partial charge in [-0.25, -0.2) is 0 Å². The number of thioether (sulfide) groups is 1. The first-order valence-corrected chi connectivity index (χ1v) is 9.01. The molecular formula is C15H20N4OS2. The van der Waals surface area contributed by atoms with Crippen molar-refractivity contribution < 1.29 is 4.74 Å². The molecule has 0 unspecified atom stereocenters. The van der Waals surface area contributed by atoms with E-state index in [9.17, 15) is 0 Å². The van der Waals surface area contributed by atoms with Crippen LogP contribution in [0.15, 0.2) is 28.6 Å². The number of ether oxygens (including phenoxy) is 1. The highest BCUT2D eigenvalue weighted by atomic mass is 32.2. The number of hydrogen-bond acceptors (Lipinski definition) is 7. The Balaban J connectivity index is 1.53. The largest absolute Gasteiger partial charge is 0.378 e. The average Bonchev–Trinajstić information content (AvgIpc) is 3.14. The molecule has 1 aromatic carbocycles. The second-order valence-corrected chi connectivity index (χ2v) is 7.88. The molecule has 1 fully saturated rings. The topological polar surface area (TPSA) is 50.3 Å². The monoisotopic (exact) mass is 336 g/mol. The second-order valence-electron chi connectivity index (χ2n) is 5.43. The Labute approximate surface area is 139 Å². The van der Waals surface area contributed by atoms with E-state index in [-0.39, 0.29) is 12.3 Å². The average molecular weight is 336 g/mol. The van der Waals surface area contributed by atoms with Crippen molar-refractivity contribution in [2.75, 3.05) is 31.3 Å². The summed E-state index contributed by atoms with van der Waals surface area (Å²) in [6.45, 7) is 2.84. The lowest BCUT2D eigenvalue weighted by molar-refractivity contribution is 0.0535. The molecule has 5 nitrogen and oxygen atoms in total. The zero-order valence-corrected chi connectivity index (χ0v) is 14.6. The Morgan fingerprint density at radius 3 is 2.73 bits per heavy atom. The van der Waals surface area contributed by atoms with Crippen LogP contribution in [0.4, 0.5) is 5.69 Å². The van der Waals surface area contributed by atoms with E-state index in [0.29, 0.717) is 0 Å². The van der Waals surface area contributed by atoms with E-state index in [2.05, 4.69) is 44.7 Å². The van der Waals surface area contributed by atoms with Gasteiger partial charge in [0.15, 0.2) is 4.34 Å². The molecule has 0 aliphatic carbocycles. The summed E-state index contributed by atoms with van der Waals surface area (Å²) >= 11 is 3.35. The Morgan fingerprint density at radius 2 is 2.09 bits per heavy atom. The molecule has 2 atom stereocenters. The third-order valence-corrected chi connectivity index (χ3v) is 5.58. The number of aryl methyl sites for hydroxylation is 1. The van der Waals surface area contributed by atoms with Gasteiger partial charge in [0.05, 0.1) is 6.10 Å². The molecule has 3 rings (SSSR count). The van der Waals surface area contributed by atoms with E-state index in [4.69, 9.17) is 4.74 Å². The lowest BCUT2D eigenvalue weighted by Crippen LogP contribution is -2.16. The molecule has 0 bridgehead atoms. The Hall–Kier alpha value is -1.15. The molecule has 1 N–H and O–H groups in total. The van der Waals surface area contributed by atoms with Crippen LogP contribution in [0.25, 0.3) is 0 Å². The van der Waals surface area contributed by atoms with Gasteiger partial charge in [0.25, 0.3) is 0 Å². The summed E-state index contributed by atoms with van der Waals surface area (Å²) < 4.78 is 7.10. The van der Waals surface area contributed by atoms with Crippen molar-refractivity contribution in [1.82, 2.24) is 15.5 Å². The highest BCUT2D eigenvalue weighted by Crippen LogP contribution is 2.28. The molecule has 22 heavy (non-hydrogen) atoms. The first-order valence-electron chi connectivity index (χ1n) is 7.21. The number of benzene rings is 1. The predicted molar refractivity (Wildman–Crippen MR) is 91.8 cm³/mol. The Morgan fingerprint density at radius 1 is 1.32 bits per heavy atom. The third kappa shape index (κ3) is 3.78. The molecule has 0 radical (unpaired) electrons. The van der Waals surface area contributed by atoms with Crippen LogP contribution in [0.5, 0.6) is 0 Å². The minimum Gasteiger partial charge on any atom is -0.378 e. The number of rotatable bonds is 5. The fraction of sp³-hybridized carbons (Fsp3) is 0.467. The summed E-state index contributed by atoms with van der Waals surface area (Å²) in [5.41, 5.74) is 2.37. The first kappa shape index (κ1) is 15.7. The van der Waals surface area contributed by atoms with Crippen molar-refractivity contribution in [1.29, 1.82) is 0 Å². The molecule has 118 valence electrons. The predicted octanol–water partition coefficient (Wildman–Crippen LogP) is 2.69. The number of nitrogens with zero attached hydrogens (tertiary/aromatic N) is 3. The molecule has 0 spiro atoms. The maximum absolute atomic E-state index is 6.09. The van der Waals surface area contributed by atoms with Gasteiger partial charge in [0, 0.05) is 32.1 Å². The summed E-state index contributed by atoms with van der Waals surface area (Å²) in [6, 6.07) is 8.48. The second kappa shape index (κ2) is 6.95. The van der Waals surface area contributed by atoms with Crippen LogP contribution < -0.4 is 10.2 Å². The molecular weight excluding hydrogens is 316 g/mol. The van der Waals surface area contributed by atoms with Gasteiger partial charge in [0.1, 0.15) is 11.2 Å². The molecule has 1 aliphatic heterocycles. The molecule has 1 saturated heterocycles. The number of aromatic nitrogens is 2. The molecule has 7 heteroatoms. The maximum atomic E-state index is 6.09. The van der Waals surface area contributed by atoms with E-state index in [1.54, 1.807) is 23.1 Å². The van der Waals surface area contributed by atoms with Crippen molar-refractivity contribution in [2.24, 2.45) is 0 Å². The van der Waals surface area contributed by atoms with Crippen molar-refractivity contribution in [3.05, 3.63) is 34.8 Å². The van der Waals surface area contributed by atoms with E-state index in [1.807, 2.05) is 21.0 Å². The minimum atomic E-state index is -0.0158. The zero-order valence-electron chi connectivity index (χ0n) is 12.9. The maximum Gasteiger partial charge on any atom is 0.174 e. The molecule has 0 saturated carbocycles. The third-order valence-electron chi connectivity index (χ3n) is 3.47. The highest BCUT2D eigenvalue weighted by Gasteiger charge is 2.26. The Kier molecular flexibility index (Phi) is 4.97. The normalized spacial score (nSPS) is 21.2. The van der Waals surface area contributed by atoms with Gasteiger partial charge >= 0.3 is 0 Å². The van der Waals surface area contributed by atoms with Crippen LogP contribution >= 0.6 is 23.1 Å². The Bertz CT molecular complexity index is 614. The van der Waals surface area contributed by atoms with Gasteiger partial charge < -0.3 is 9.64 Å². The number of anilines is 1. The highest BCUT2D eigenvalue weighted by molar-refractivity contribution is 8.01. The summed E-state index contributed by atoms with van der Waals surface area (Å²) in [5, 5.41) is 12.6. The van der Waals surface area contributed by atoms with E-state index in [0.717, 1.165) is 21.6 Å². The van der Waals surface area contributed by atoms with Gasteiger partial charge in [-0.1, -0.05) is 35.2 Å². The van der Waals surface area contributed by atoms with Gasteiger partial charge in [-0.05, 0) is 24.6 Å². The fourth-order valence-electron chi connectivity index (χ4n) is 2.27. The lowest BCUT2D eigenvalue weighted by Gasteiger charge is -2.16. The van der Waals surface area contributed by atoms with Crippen LogP contribution in [-0.2, 0) is 4.74 Å². The summed E-state index contributed by atoms with van der Waals surface area (Å²) in [6.07, 6.45) is 0.186. The van der Waals surface area contributed by atoms with Gasteiger partial charge in [-0.3, -0.25) is 5.32 Å². The van der Waals surface area contributed by atoms with Crippen LogP contribution in [0.2, 0.25) is 0 Å². The molecule has 2 heterocycles. The van der Waals surface area contributed by atoms with Crippen molar-refractivity contribution in [3.63, 3.8) is 0 Å². The van der Waals surface area contributed by atoms with E-state index in [1.165, 1.54) is 11.3 Å². The quantitative estimate of drug-likeness (QED) is 0.847. The fourth-order valence-corrected chi connectivity index (χ4v) is 4.11. The first-order chi connectivity index (χ1) is 10.6. The molecule has 1 aliphatic rings. The van der Waals surface area contributed by atoms with Gasteiger partial charge in [-0.15, -0.1) is 10.2 Å². The van der Waals surface area contributed by atoms with E-state index >= 15 is 0 Å². The number of nitrogens with one attached hydrogen (secondary N) is 1. The van der Waals surface area contributed by atoms with Crippen molar-refractivity contribution in [3.8, 4) is 0 Å². The molecule has 1 aromatic heterocycles. The van der Waals surface area contributed by atoms with Gasteiger partial charge in [0.2, 0.25) is 0 Å². The van der Waals surface area contributed by atoms with Crippen molar-refractivity contribution in [2.45, 2.75) is 23.6 Å². The summed E-state index contributed by atoms with van der Waals surface area (Å²) in [5.74, 6) is 0.897. The smallest absolute Gasteiger partial charge is 0.174 e. The van der Waals surface area contributed by atoms with Crippen LogP contribution in [0.1, 0.15) is 16.8 Å². The zero-order chi connectivity index (χ0) is 15.5. The van der Waals surface area contributed by atoms with Crippen molar-refractivity contribution >= 4 is 28.8 Å². The molecule has 0 amide bonds. The lowest BCUT2D eigenvalue weighted by atomic mass is 10.2. The number of hydrogen-bond donors (Lipinski definition) is 1. The summed E-state index contributed by atoms with van der Waals surface area (Å²) in [7, 11) is 4.09. The minimum absolute atomic E-state index is 0.0158. The SMILES string of the molecule is Cc1nnc(SC[C@@H]2CN[C@H](c3ccc(N(C)C)cc3)O2)s1. The standard InChI is InChI=1S/C15H20N4OS2/c1-10-17-18-15(22-10)21-9-13-8-16-14(20-13)11-4-6-12(7-5-11)19(2)3/h4-7,13-14,16H,8-9H2,1-3H3/t13-,14-/m0/s1. The molecule has 2 aromatic rings. The van der Waals surface area contributed by atoms with Crippen LogP contribution in [0, 0.1) is 6.92 Å². The summed E-state index contributed by atoms with van der Waals surface area (Å²) in [4.78, 5) is 2.09. The van der Waals surface area contributed by atoms with E-state index < -0.39 is 0 Å². The van der Waals surface area contributed by atoms with Gasteiger partial charge in [-0.2, -0.15) is 0 Å². The van der Waals surface area contributed by atoms with Crippen LogP contribution in [0.3, 0.4) is 0 Å².